The monoisotopic (exact) mass is 331 g/mol. The summed E-state index contributed by atoms with van der Waals surface area (Å²) >= 11 is 0. The van der Waals surface area contributed by atoms with Crippen LogP contribution in [0.3, 0.4) is 0 Å². The number of nitrogens with zero attached hydrogens (tertiary/aromatic N) is 1. The van der Waals surface area contributed by atoms with Crippen LogP contribution in [0.5, 0.6) is 0 Å². The Balaban J connectivity index is 1.73. The van der Waals surface area contributed by atoms with Gasteiger partial charge in [0, 0.05) is 30.2 Å². The average Bonchev–Trinajstić information content (AvgIpc) is 2.62. The first kappa shape index (κ1) is 16.7. The van der Waals surface area contributed by atoms with E-state index in [4.69, 9.17) is 0 Å². The fourth-order valence-corrected chi connectivity index (χ4v) is 2.59. The van der Waals surface area contributed by atoms with Crippen molar-refractivity contribution in [3.05, 3.63) is 89.2 Å². The third-order valence-electron chi connectivity index (χ3n) is 4.03. The zero-order valence-corrected chi connectivity index (χ0v) is 14.4. The quantitative estimate of drug-likeness (QED) is 0.720. The van der Waals surface area contributed by atoms with E-state index in [-0.39, 0.29) is 5.91 Å². The first-order valence-electron chi connectivity index (χ1n) is 8.23. The number of amides is 1. The maximum atomic E-state index is 12.5. The molecule has 1 amide bonds. The van der Waals surface area contributed by atoms with Gasteiger partial charge in [-0.15, -0.1) is 0 Å². The smallest absolute Gasteiger partial charge is 0.255 e. The van der Waals surface area contributed by atoms with Crippen molar-refractivity contribution in [2.75, 3.05) is 10.6 Å². The summed E-state index contributed by atoms with van der Waals surface area (Å²) in [6.07, 6.45) is 3.52. The molecule has 3 aromatic rings. The largest absolute Gasteiger partial charge is 0.380 e. The van der Waals surface area contributed by atoms with Crippen molar-refractivity contribution in [3.8, 4) is 0 Å². The fourth-order valence-electron chi connectivity index (χ4n) is 2.59. The molecule has 0 aliphatic carbocycles. The summed E-state index contributed by atoms with van der Waals surface area (Å²) in [5.41, 5.74) is 5.75. The highest BCUT2D eigenvalue weighted by Crippen LogP contribution is 2.16. The van der Waals surface area contributed by atoms with Gasteiger partial charge in [0.2, 0.25) is 0 Å². The third-order valence-corrected chi connectivity index (χ3v) is 4.03. The Morgan fingerprint density at radius 1 is 1.00 bits per heavy atom. The molecule has 0 radical (unpaired) electrons. The minimum absolute atomic E-state index is 0.103. The fraction of sp³-hybridized carbons (Fsp3) is 0.143. The number of hydrogen-bond donors (Lipinski definition) is 2. The van der Waals surface area contributed by atoms with Crippen molar-refractivity contribution in [1.29, 1.82) is 0 Å². The third kappa shape index (κ3) is 4.44. The average molecular weight is 331 g/mol. The first-order chi connectivity index (χ1) is 12.1. The summed E-state index contributed by atoms with van der Waals surface area (Å²) < 4.78 is 0. The van der Waals surface area contributed by atoms with Crippen LogP contribution in [0.15, 0.2) is 67.0 Å². The zero-order chi connectivity index (χ0) is 17.6. The second kappa shape index (κ2) is 7.62. The van der Waals surface area contributed by atoms with E-state index in [9.17, 15) is 4.79 Å². The molecule has 126 valence electrons. The molecule has 3 rings (SSSR count). The summed E-state index contributed by atoms with van der Waals surface area (Å²) in [7, 11) is 0. The summed E-state index contributed by atoms with van der Waals surface area (Å²) in [5, 5.41) is 6.28. The van der Waals surface area contributed by atoms with Crippen LogP contribution in [0, 0.1) is 13.8 Å². The molecular weight excluding hydrogens is 310 g/mol. The Labute approximate surface area is 147 Å². The molecule has 4 heteroatoms. The van der Waals surface area contributed by atoms with Crippen LogP contribution in [-0.4, -0.2) is 10.9 Å². The number of nitrogens with one attached hydrogen (secondary N) is 2. The van der Waals surface area contributed by atoms with Gasteiger partial charge in [0.25, 0.3) is 5.91 Å². The Morgan fingerprint density at radius 3 is 2.60 bits per heavy atom. The number of aryl methyl sites for hydroxylation is 2. The van der Waals surface area contributed by atoms with Gasteiger partial charge >= 0.3 is 0 Å². The minimum Gasteiger partial charge on any atom is -0.380 e. The van der Waals surface area contributed by atoms with Crippen molar-refractivity contribution < 1.29 is 4.79 Å². The van der Waals surface area contributed by atoms with Crippen molar-refractivity contribution in [2.24, 2.45) is 0 Å². The molecule has 0 saturated heterocycles. The van der Waals surface area contributed by atoms with E-state index < -0.39 is 0 Å². The molecule has 0 spiro atoms. The van der Waals surface area contributed by atoms with E-state index >= 15 is 0 Å². The summed E-state index contributed by atoms with van der Waals surface area (Å²) in [5.74, 6) is -0.103. The molecule has 0 unspecified atom stereocenters. The summed E-state index contributed by atoms with van der Waals surface area (Å²) in [6.45, 7) is 4.69. The van der Waals surface area contributed by atoms with Crippen LogP contribution < -0.4 is 10.6 Å². The topological polar surface area (TPSA) is 54.0 Å². The molecule has 1 aromatic heterocycles. The van der Waals surface area contributed by atoms with Gasteiger partial charge in [-0.05, 0) is 66.9 Å². The molecule has 0 aliphatic heterocycles. The van der Waals surface area contributed by atoms with Crippen LogP contribution in [0.4, 0.5) is 11.4 Å². The molecular formula is C21H21N3O. The number of carbonyl (C=O) groups excluding carboxylic acids is 1. The number of rotatable bonds is 5. The number of hydrogen-bond acceptors (Lipinski definition) is 3. The van der Waals surface area contributed by atoms with Crippen LogP contribution in [0.2, 0.25) is 0 Å². The van der Waals surface area contributed by atoms with Gasteiger partial charge < -0.3 is 10.6 Å². The van der Waals surface area contributed by atoms with E-state index in [1.807, 2.05) is 68.4 Å². The summed E-state index contributed by atoms with van der Waals surface area (Å²) in [6, 6.07) is 17.4. The van der Waals surface area contributed by atoms with Crippen molar-refractivity contribution in [1.82, 2.24) is 4.98 Å². The van der Waals surface area contributed by atoms with Gasteiger partial charge in [0.05, 0.1) is 5.69 Å². The van der Waals surface area contributed by atoms with Crippen LogP contribution in [0.25, 0.3) is 0 Å². The lowest BCUT2D eigenvalue weighted by atomic mass is 10.0. The maximum Gasteiger partial charge on any atom is 0.255 e. The predicted molar refractivity (Wildman–Crippen MR) is 102 cm³/mol. The highest BCUT2D eigenvalue weighted by molar-refractivity contribution is 6.04. The zero-order valence-electron chi connectivity index (χ0n) is 14.4. The van der Waals surface area contributed by atoms with Crippen molar-refractivity contribution in [3.63, 3.8) is 0 Å². The minimum atomic E-state index is -0.103. The van der Waals surface area contributed by atoms with Gasteiger partial charge in [0.15, 0.2) is 0 Å². The maximum absolute atomic E-state index is 12.5. The Hall–Kier alpha value is -3.14. The molecule has 0 bridgehead atoms. The first-order valence-corrected chi connectivity index (χ1v) is 8.23. The standard InChI is InChI=1S/C21H21N3O/c1-15-5-3-6-19(11-15)24-21(25)17-9-8-16(2)18(12-17)13-23-20-7-4-10-22-14-20/h3-12,14,23H,13H2,1-2H3,(H,24,25). The normalized spacial score (nSPS) is 10.3. The van der Waals surface area contributed by atoms with E-state index in [1.165, 1.54) is 0 Å². The lowest BCUT2D eigenvalue weighted by molar-refractivity contribution is 0.102. The molecule has 1 heterocycles. The predicted octanol–water partition coefficient (Wildman–Crippen LogP) is 4.56. The number of benzene rings is 2. The van der Waals surface area contributed by atoms with Crippen molar-refractivity contribution >= 4 is 17.3 Å². The second-order valence-electron chi connectivity index (χ2n) is 6.06. The lowest BCUT2D eigenvalue weighted by Crippen LogP contribution is -2.13. The van der Waals surface area contributed by atoms with Crippen LogP contribution >= 0.6 is 0 Å². The SMILES string of the molecule is Cc1cccc(NC(=O)c2ccc(C)c(CNc3cccnc3)c2)c1. The van der Waals surface area contributed by atoms with Gasteiger partial charge in [-0.2, -0.15) is 0 Å². The second-order valence-corrected chi connectivity index (χ2v) is 6.06. The van der Waals surface area contributed by atoms with E-state index in [0.29, 0.717) is 12.1 Å². The van der Waals surface area contributed by atoms with Gasteiger partial charge in [-0.1, -0.05) is 18.2 Å². The van der Waals surface area contributed by atoms with E-state index in [1.54, 1.807) is 12.4 Å². The number of pyridine rings is 1. The van der Waals surface area contributed by atoms with Crippen LogP contribution in [0.1, 0.15) is 27.0 Å². The molecule has 25 heavy (non-hydrogen) atoms. The lowest BCUT2D eigenvalue weighted by Gasteiger charge is -2.11. The van der Waals surface area contributed by atoms with Crippen molar-refractivity contribution in [2.45, 2.75) is 20.4 Å². The molecule has 4 nitrogen and oxygen atoms in total. The molecule has 0 aliphatic rings. The molecule has 0 fully saturated rings. The molecule has 0 saturated carbocycles. The molecule has 0 atom stereocenters. The van der Waals surface area contributed by atoms with Gasteiger partial charge in [-0.3, -0.25) is 9.78 Å². The summed E-state index contributed by atoms with van der Waals surface area (Å²) in [4.78, 5) is 16.6. The highest BCUT2D eigenvalue weighted by atomic mass is 16.1. The molecule has 2 N–H and O–H groups in total. The van der Waals surface area contributed by atoms with Gasteiger partial charge in [-0.25, -0.2) is 0 Å². The number of carbonyl (C=O) groups is 1. The van der Waals surface area contributed by atoms with E-state index in [0.717, 1.165) is 28.1 Å². The van der Waals surface area contributed by atoms with Gasteiger partial charge in [0.1, 0.15) is 0 Å². The highest BCUT2D eigenvalue weighted by Gasteiger charge is 2.09. The van der Waals surface area contributed by atoms with E-state index in [2.05, 4.69) is 15.6 Å². The van der Waals surface area contributed by atoms with Crippen LogP contribution in [-0.2, 0) is 6.54 Å². The Morgan fingerprint density at radius 2 is 1.84 bits per heavy atom. The number of aromatic nitrogens is 1. The molecule has 2 aromatic carbocycles. The number of anilines is 2. The Kier molecular flexibility index (Phi) is 5.09. The Bertz CT molecular complexity index is 875.